The fourth-order valence-corrected chi connectivity index (χ4v) is 5.71. The molecular formula is C27H25N3S. The Kier molecular flexibility index (Phi) is 5.53. The van der Waals surface area contributed by atoms with E-state index in [1.807, 2.05) is 28.9 Å². The number of hydrogen-bond donors (Lipinski definition) is 0. The Bertz CT molecular complexity index is 1270. The van der Waals surface area contributed by atoms with Crippen LogP contribution in [0, 0.1) is 11.3 Å². The molecule has 31 heavy (non-hydrogen) atoms. The van der Waals surface area contributed by atoms with Crippen molar-refractivity contribution in [3.63, 3.8) is 0 Å². The summed E-state index contributed by atoms with van der Waals surface area (Å²) in [5.74, 6) is 0. The monoisotopic (exact) mass is 423 g/mol. The van der Waals surface area contributed by atoms with Crippen molar-refractivity contribution in [2.45, 2.75) is 43.4 Å². The molecule has 1 heterocycles. The van der Waals surface area contributed by atoms with E-state index in [4.69, 9.17) is 5.10 Å². The highest BCUT2D eigenvalue weighted by atomic mass is 32.2. The largest absolute Gasteiger partial charge is 0.231 e. The third kappa shape index (κ3) is 3.43. The van der Waals surface area contributed by atoms with Crippen LogP contribution in [0.15, 0.2) is 65.6 Å². The molecule has 0 aliphatic heterocycles. The Morgan fingerprint density at radius 2 is 1.52 bits per heavy atom. The van der Waals surface area contributed by atoms with Gasteiger partial charge in [-0.05, 0) is 55.2 Å². The van der Waals surface area contributed by atoms with Crippen molar-refractivity contribution in [1.29, 1.82) is 5.26 Å². The van der Waals surface area contributed by atoms with E-state index in [0.29, 0.717) is 0 Å². The molecule has 0 radical (unpaired) electrons. The fourth-order valence-electron chi connectivity index (χ4n) is 4.84. The summed E-state index contributed by atoms with van der Waals surface area (Å²) in [7, 11) is 0. The molecule has 4 aromatic rings. The first-order valence-corrected chi connectivity index (χ1v) is 12.2. The van der Waals surface area contributed by atoms with Gasteiger partial charge in [0.05, 0.1) is 16.8 Å². The summed E-state index contributed by atoms with van der Waals surface area (Å²) in [6.45, 7) is 0. The van der Waals surface area contributed by atoms with Crippen molar-refractivity contribution in [2.24, 2.45) is 0 Å². The van der Waals surface area contributed by atoms with Gasteiger partial charge in [0.1, 0.15) is 11.8 Å². The maximum atomic E-state index is 10.4. The lowest BCUT2D eigenvalue weighted by atomic mass is 9.87. The Morgan fingerprint density at radius 1 is 0.871 bits per heavy atom. The molecule has 0 fully saturated rings. The predicted molar refractivity (Wildman–Crippen MR) is 129 cm³/mol. The number of hydrogen-bond acceptors (Lipinski definition) is 3. The lowest BCUT2D eigenvalue weighted by molar-refractivity contribution is 0.613. The van der Waals surface area contributed by atoms with Gasteiger partial charge in [-0.25, -0.2) is 4.68 Å². The molecular weight excluding hydrogens is 398 g/mol. The average molecular weight is 424 g/mol. The number of aromatic nitrogens is 2. The van der Waals surface area contributed by atoms with E-state index in [9.17, 15) is 5.26 Å². The highest BCUT2D eigenvalue weighted by Gasteiger charge is 2.26. The van der Waals surface area contributed by atoms with E-state index in [2.05, 4.69) is 48.7 Å². The Hall–Kier alpha value is -3.03. The van der Waals surface area contributed by atoms with Crippen LogP contribution in [0.2, 0.25) is 0 Å². The second kappa shape index (κ2) is 8.61. The first-order chi connectivity index (χ1) is 15.3. The number of para-hydroxylation sites is 1. The van der Waals surface area contributed by atoms with E-state index in [0.717, 1.165) is 52.7 Å². The average Bonchev–Trinajstić information content (AvgIpc) is 3.20. The highest BCUT2D eigenvalue weighted by Crippen LogP contribution is 2.43. The van der Waals surface area contributed by atoms with Crippen molar-refractivity contribution in [3.8, 4) is 23.0 Å². The summed E-state index contributed by atoms with van der Waals surface area (Å²) in [5.41, 5.74) is 7.43. The Morgan fingerprint density at radius 3 is 2.16 bits per heavy atom. The predicted octanol–water partition coefficient (Wildman–Crippen LogP) is 6.95. The van der Waals surface area contributed by atoms with E-state index in [1.54, 1.807) is 11.8 Å². The molecule has 3 aromatic carbocycles. The lowest BCUT2D eigenvalue weighted by Gasteiger charge is -2.20. The number of benzene rings is 3. The molecule has 3 nitrogen and oxygen atoms in total. The van der Waals surface area contributed by atoms with Crippen LogP contribution in [0.5, 0.6) is 0 Å². The second-order valence-corrected chi connectivity index (χ2v) is 8.89. The van der Waals surface area contributed by atoms with Crippen LogP contribution in [-0.4, -0.2) is 16.0 Å². The lowest BCUT2D eigenvalue weighted by Crippen LogP contribution is -2.07. The number of rotatable bonds is 3. The smallest absolute Gasteiger partial charge is 0.102 e. The van der Waals surface area contributed by atoms with Crippen molar-refractivity contribution in [2.75, 3.05) is 6.26 Å². The van der Waals surface area contributed by atoms with Gasteiger partial charge in [0.2, 0.25) is 0 Å². The zero-order valence-corrected chi connectivity index (χ0v) is 18.6. The van der Waals surface area contributed by atoms with Gasteiger partial charge in [0.25, 0.3) is 0 Å². The normalized spacial score (nSPS) is 13.9. The maximum absolute atomic E-state index is 10.4. The van der Waals surface area contributed by atoms with Crippen molar-refractivity contribution >= 4 is 22.7 Å². The summed E-state index contributed by atoms with van der Waals surface area (Å²) in [6.07, 6.45) is 9.01. The number of fused-ring (bicyclic) bond motifs is 2. The molecule has 0 saturated heterocycles. The summed E-state index contributed by atoms with van der Waals surface area (Å²) in [4.78, 5) is 1.30. The molecule has 1 aromatic heterocycles. The zero-order valence-electron chi connectivity index (χ0n) is 17.8. The van der Waals surface area contributed by atoms with Gasteiger partial charge in [0.15, 0.2) is 0 Å². The third-order valence-corrected chi connectivity index (χ3v) is 7.12. The third-order valence-electron chi connectivity index (χ3n) is 6.26. The molecule has 0 saturated carbocycles. The van der Waals surface area contributed by atoms with E-state index >= 15 is 0 Å². The van der Waals surface area contributed by atoms with Crippen LogP contribution in [0.1, 0.15) is 42.4 Å². The van der Waals surface area contributed by atoms with Crippen LogP contribution in [-0.2, 0) is 12.8 Å². The molecule has 0 spiro atoms. The van der Waals surface area contributed by atoms with Gasteiger partial charge >= 0.3 is 0 Å². The summed E-state index contributed by atoms with van der Waals surface area (Å²) >= 11 is 1.80. The first kappa shape index (κ1) is 19.9. The van der Waals surface area contributed by atoms with Crippen LogP contribution >= 0.6 is 11.8 Å². The van der Waals surface area contributed by atoms with Crippen molar-refractivity contribution < 1.29 is 0 Å². The van der Waals surface area contributed by atoms with E-state index < -0.39 is 0 Å². The number of nitriles is 1. The molecule has 1 aliphatic carbocycles. The topological polar surface area (TPSA) is 41.6 Å². The molecule has 5 rings (SSSR count). The highest BCUT2D eigenvalue weighted by molar-refractivity contribution is 7.98. The standard InChI is InChI=1S/C27H25N3S/c1-31-27-22-17-11-3-2-10-16-21(22)23(18-28)26-24(27)25(19-12-6-4-7-13-19)29-30(26)20-14-8-5-9-15-20/h4-9,12-15H,2-3,10-11,16-17H2,1H3. The van der Waals surface area contributed by atoms with Gasteiger partial charge in [-0.2, -0.15) is 10.4 Å². The second-order valence-electron chi connectivity index (χ2n) is 8.08. The summed E-state index contributed by atoms with van der Waals surface area (Å²) in [5, 5.41) is 16.6. The van der Waals surface area contributed by atoms with Gasteiger partial charge < -0.3 is 0 Å². The molecule has 4 heteroatoms. The van der Waals surface area contributed by atoms with Crippen molar-refractivity contribution in [3.05, 3.63) is 77.4 Å². The van der Waals surface area contributed by atoms with Gasteiger partial charge in [0, 0.05) is 15.8 Å². The molecule has 0 atom stereocenters. The molecule has 0 bridgehead atoms. The van der Waals surface area contributed by atoms with Crippen LogP contribution in [0.4, 0.5) is 0 Å². The number of nitrogens with zero attached hydrogens (tertiary/aromatic N) is 3. The minimum absolute atomic E-state index is 0.809. The zero-order chi connectivity index (χ0) is 21.2. The molecule has 0 N–H and O–H groups in total. The fraction of sp³-hybridized carbons (Fsp3) is 0.259. The quantitative estimate of drug-likeness (QED) is 0.335. The maximum Gasteiger partial charge on any atom is 0.102 e. The summed E-state index contributed by atoms with van der Waals surface area (Å²) in [6, 6.07) is 23.2. The van der Waals surface area contributed by atoms with Crippen LogP contribution < -0.4 is 0 Å². The van der Waals surface area contributed by atoms with Gasteiger partial charge in [-0.15, -0.1) is 11.8 Å². The summed E-state index contributed by atoms with van der Waals surface area (Å²) < 4.78 is 2.00. The van der Waals surface area contributed by atoms with E-state index in [1.165, 1.54) is 35.3 Å². The minimum Gasteiger partial charge on any atom is -0.231 e. The minimum atomic E-state index is 0.809. The number of thioether (sulfide) groups is 1. The van der Waals surface area contributed by atoms with E-state index in [-0.39, 0.29) is 0 Å². The first-order valence-electron chi connectivity index (χ1n) is 11.0. The Labute approximate surface area is 187 Å². The van der Waals surface area contributed by atoms with Crippen LogP contribution in [0.25, 0.3) is 27.8 Å². The van der Waals surface area contributed by atoms with Crippen LogP contribution in [0.3, 0.4) is 0 Å². The molecule has 0 amide bonds. The van der Waals surface area contributed by atoms with Gasteiger partial charge in [-0.1, -0.05) is 61.4 Å². The van der Waals surface area contributed by atoms with Gasteiger partial charge in [-0.3, -0.25) is 0 Å². The molecule has 154 valence electrons. The van der Waals surface area contributed by atoms with Crippen molar-refractivity contribution in [1.82, 2.24) is 9.78 Å². The molecule has 1 aliphatic rings. The molecule has 0 unspecified atom stereocenters. The Balaban J connectivity index is 1.95. The SMILES string of the molecule is CSc1c2c(c(C#N)c3c1c(-c1ccccc1)nn3-c1ccccc1)CCCCCC2.